The van der Waals surface area contributed by atoms with Gasteiger partial charge in [-0.25, -0.2) is 0 Å². The van der Waals surface area contributed by atoms with Crippen molar-refractivity contribution in [2.24, 2.45) is 0 Å². The molecule has 0 saturated heterocycles. The van der Waals surface area contributed by atoms with E-state index in [-0.39, 0.29) is 0 Å². The van der Waals surface area contributed by atoms with Crippen LogP contribution in [0.3, 0.4) is 0 Å². The molecule has 0 N–H and O–H groups in total. The average Bonchev–Trinajstić information content (AvgIpc) is 1.83. The first kappa shape index (κ1) is 19.2. The van der Waals surface area contributed by atoms with Crippen LogP contribution in [0.4, 0.5) is 0 Å². The Bertz CT molecular complexity index is 121. The fourth-order valence-corrected chi connectivity index (χ4v) is 0. The molecule has 0 spiro atoms. The van der Waals surface area contributed by atoms with Gasteiger partial charge in [0.15, 0.2) is 0 Å². The largest absolute Gasteiger partial charge is 0.236 e. The molecule has 0 amide bonds. The van der Waals surface area contributed by atoms with Gasteiger partial charge in [0.1, 0.15) is 9.67 Å². The molecule has 14 heavy (non-hydrogen) atoms. The van der Waals surface area contributed by atoms with Gasteiger partial charge in [-0.1, -0.05) is 69.6 Å². The Morgan fingerprint density at radius 3 is 0.643 bits per heavy atom. The van der Waals surface area contributed by atoms with Gasteiger partial charge in [-0.05, 0) is 0 Å². The van der Waals surface area contributed by atoms with Crippen molar-refractivity contribution in [2.45, 2.75) is 17.3 Å². The van der Waals surface area contributed by atoms with E-state index in [1.54, 1.807) is 0 Å². The van der Waals surface area contributed by atoms with E-state index in [1.165, 1.54) is 0 Å². The highest BCUT2D eigenvalue weighted by atomic mass is 35.6. The molecule has 0 heterocycles. The molecule has 0 nitrogen and oxygen atoms in total. The SMILES string of the molecule is ClC(Cl)(Cl)C(Cl)(Cl)Cl.ClC(Cl)C(Cl)Cl. The maximum absolute atomic E-state index is 5.14. The summed E-state index contributed by atoms with van der Waals surface area (Å²) < 4.78 is -3.70. The lowest BCUT2D eigenvalue weighted by Crippen LogP contribution is -2.23. The smallest absolute Gasteiger partial charge is 0.102 e. The van der Waals surface area contributed by atoms with Crippen LogP contribution in [0.2, 0.25) is 0 Å². The predicted molar refractivity (Wildman–Crippen MR) is 71.6 cm³/mol. The standard InChI is InChI=1S/C2Cl6.C2H2Cl4/c3-1(4,5)2(6,7)8;3-1(4)2(5)6/h;1-2H. The van der Waals surface area contributed by atoms with E-state index in [9.17, 15) is 0 Å². The lowest BCUT2D eigenvalue weighted by molar-refractivity contribution is 1.10. The monoisotopic (exact) mass is 400 g/mol. The number of alkyl halides is 10. The molecule has 10 heteroatoms. The predicted octanol–water partition coefficient (Wildman–Crippen LogP) is 6.32. The lowest BCUT2D eigenvalue weighted by atomic mass is 10.9. The van der Waals surface area contributed by atoms with Gasteiger partial charge in [0.25, 0.3) is 0 Å². The Hall–Kier alpha value is 2.90. The van der Waals surface area contributed by atoms with Crippen LogP contribution >= 0.6 is 116 Å². The molecule has 0 unspecified atom stereocenters. The molecular formula is C4H2Cl10. The second-order valence-corrected chi connectivity index (χ2v) is 8.55. The third kappa shape index (κ3) is 11.4. The molecule has 0 aromatic carbocycles. The van der Waals surface area contributed by atoms with Crippen LogP contribution in [0.5, 0.6) is 0 Å². The molecule has 0 bridgehead atoms. The summed E-state index contributed by atoms with van der Waals surface area (Å²) >= 11 is 51.3. The molecule has 0 atom stereocenters. The Kier molecular flexibility index (Phi) is 11.1. The number of halogens is 10. The summed E-state index contributed by atoms with van der Waals surface area (Å²) in [6, 6.07) is 0. The van der Waals surface area contributed by atoms with Gasteiger partial charge < -0.3 is 0 Å². The van der Waals surface area contributed by atoms with E-state index >= 15 is 0 Å². The molecule has 0 aliphatic rings. The summed E-state index contributed by atoms with van der Waals surface area (Å²) in [5.41, 5.74) is 0. The molecule has 0 aromatic rings. The van der Waals surface area contributed by atoms with Crippen LogP contribution < -0.4 is 0 Å². The van der Waals surface area contributed by atoms with Gasteiger partial charge in [-0.15, -0.1) is 46.4 Å². The third-order valence-corrected chi connectivity index (χ3v) is 4.61. The number of hydrogen-bond donors (Lipinski definition) is 0. The van der Waals surface area contributed by atoms with Gasteiger partial charge in [0.05, 0.1) is 0 Å². The van der Waals surface area contributed by atoms with Crippen molar-refractivity contribution in [3.63, 3.8) is 0 Å². The molecule has 88 valence electrons. The number of hydrogen-bond acceptors (Lipinski definition) is 0. The van der Waals surface area contributed by atoms with E-state index < -0.39 is 17.3 Å². The van der Waals surface area contributed by atoms with E-state index in [1.807, 2.05) is 0 Å². The van der Waals surface area contributed by atoms with E-state index in [2.05, 4.69) is 0 Å². The first-order valence-corrected chi connectivity index (χ1v) is 6.60. The minimum absolute atomic E-state index is 0.673. The first-order valence-electron chi connectivity index (χ1n) is 2.59. The van der Waals surface area contributed by atoms with Crippen molar-refractivity contribution in [1.82, 2.24) is 0 Å². The van der Waals surface area contributed by atoms with E-state index in [4.69, 9.17) is 116 Å². The molecule has 0 saturated carbocycles. The highest BCUT2D eigenvalue weighted by Gasteiger charge is 2.43. The summed E-state index contributed by atoms with van der Waals surface area (Å²) in [5.74, 6) is 0. The molecule has 0 fully saturated rings. The topological polar surface area (TPSA) is 0 Å². The van der Waals surface area contributed by atoms with Crippen molar-refractivity contribution in [1.29, 1.82) is 0 Å². The first-order chi connectivity index (χ1) is 5.89. The summed E-state index contributed by atoms with van der Waals surface area (Å²) in [6.45, 7) is 0. The zero-order valence-corrected chi connectivity index (χ0v) is 13.5. The average molecular weight is 405 g/mol. The summed E-state index contributed by atoms with van der Waals surface area (Å²) in [5, 5.41) is 0. The van der Waals surface area contributed by atoms with Crippen LogP contribution in [0.25, 0.3) is 0 Å². The maximum atomic E-state index is 5.14. The minimum atomic E-state index is -1.85. The number of rotatable bonds is 1. The highest BCUT2D eigenvalue weighted by molar-refractivity contribution is 6.83. The zero-order valence-electron chi connectivity index (χ0n) is 5.93. The van der Waals surface area contributed by atoms with Gasteiger partial charge in [-0.2, -0.15) is 0 Å². The Labute approximate surface area is 132 Å². The summed E-state index contributed by atoms with van der Waals surface area (Å²) in [4.78, 5) is -1.35. The lowest BCUT2D eigenvalue weighted by Gasteiger charge is -2.19. The molecule has 0 aliphatic heterocycles. The van der Waals surface area contributed by atoms with Crippen molar-refractivity contribution in [2.75, 3.05) is 0 Å². The van der Waals surface area contributed by atoms with Crippen LogP contribution in [0, 0.1) is 0 Å². The summed E-state index contributed by atoms with van der Waals surface area (Å²) in [7, 11) is 0. The third-order valence-electron chi connectivity index (χ3n) is 0.512. The maximum Gasteiger partial charge on any atom is 0.236 e. The normalized spacial score (nSPS) is 12.9. The van der Waals surface area contributed by atoms with Gasteiger partial charge in [0, 0.05) is 0 Å². The second kappa shape index (κ2) is 8.08. The van der Waals surface area contributed by atoms with E-state index in [0.29, 0.717) is 0 Å². The van der Waals surface area contributed by atoms with Crippen molar-refractivity contribution < 1.29 is 0 Å². The van der Waals surface area contributed by atoms with Crippen LogP contribution in [-0.2, 0) is 0 Å². The fourth-order valence-electron chi connectivity index (χ4n) is 0. The van der Waals surface area contributed by atoms with Crippen LogP contribution in [0.1, 0.15) is 0 Å². The fraction of sp³-hybridized carbons (Fsp3) is 1.00. The summed E-state index contributed by atoms with van der Waals surface area (Å²) in [6.07, 6.45) is 0. The van der Waals surface area contributed by atoms with Gasteiger partial charge in [-0.3, -0.25) is 0 Å². The molecule has 0 aliphatic carbocycles. The molecule has 0 rings (SSSR count). The van der Waals surface area contributed by atoms with Crippen molar-refractivity contribution >= 4 is 116 Å². The van der Waals surface area contributed by atoms with Crippen molar-refractivity contribution in [3.05, 3.63) is 0 Å². The molecule has 0 aromatic heterocycles. The van der Waals surface area contributed by atoms with E-state index in [0.717, 1.165) is 0 Å². The van der Waals surface area contributed by atoms with Crippen LogP contribution in [0.15, 0.2) is 0 Å². The Balaban J connectivity index is 0. The van der Waals surface area contributed by atoms with Gasteiger partial charge >= 0.3 is 0 Å². The molecular weight excluding hydrogens is 403 g/mol. The van der Waals surface area contributed by atoms with Crippen molar-refractivity contribution in [3.8, 4) is 0 Å². The Morgan fingerprint density at radius 1 is 0.500 bits per heavy atom. The van der Waals surface area contributed by atoms with Gasteiger partial charge in [0.2, 0.25) is 7.59 Å². The highest BCUT2D eigenvalue weighted by Crippen LogP contribution is 2.48. The Morgan fingerprint density at radius 2 is 0.643 bits per heavy atom. The minimum Gasteiger partial charge on any atom is -0.102 e. The van der Waals surface area contributed by atoms with Crippen LogP contribution in [-0.4, -0.2) is 17.3 Å². The zero-order chi connectivity index (χ0) is 12.2. The molecule has 0 radical (unpaired) electrons. The second-order valence-electron chi connectivity index (χ2n) is 1.66. The quantitative estimate of drug-likeness (QED) is 0.449.